The van der Waals surface area contributed by atoms with Crippen molar-refractivity contribution in [1.82, 2.24) is 15.3 Å². The number of hydrogen-bond donors (Lipinski definition) is 2. The first-order valence-corrected chi connectivity index (χ1v) is 7.09. The van der Waals surface area contributed by atoms with E-state index in [-0.39, 0.29) is 11.1 Å². The zero-order valence-corrected chi connectivity index (χ0v) is 13.4. The van der Waals surface area contributed by atoms with Crippen molar-refractivity contribution < 1.29 is 19.1 Å². The average Bonchev–Trinajstić information content (AvgIpc) is 2.51. The molecule has 2 N–H and O–H groups in total. The summed E-state index contributed by atoms with van der Waals surface area (Å²) in [4.78, 5) is 33.7. The van der Waals surface area contributed by atoms with Gasteiger partial charge in [0.1, 0.15) is 5.82 Å². The van der Waals surface area contributed by atoms with Gasteiger partial charge in [-0.15, -0.1) is 0 Å². The van der Waals surface area contributed by atoms with Crippen LogP contribution in [0.4, 0.5) is 10.3 Å². The smallest absolute Gasteiger partial charge is 0.330 e. The van der Waals surface area contributed by atoms with E-state index < -0.39 is 23.7 Å². The van der Waals surface area contributed by atoms with Gasteiger partial charge in [0.15, 0.2) is 6.04 Å². The Morgan fingerprint density at radius 2 is 2.04 bits per heavy atom. The average molecular weight is 332 g/mol. The maximum absolute atomic E-state index is 13.3. The summed E-state index contributed by atoms with van der Waals surface area (Å²) in [5.41, 5.74) is 0.706. The van der Waals surface area contributed by atoms with Crippen molar-refractivity contribution in [2.24, 2.45) is 0 Å². The number of carbonyl (C=O) groups excluding carboxylic acids is 1. The Kier molecular flexibility index (Phi) is 5.08. The van der Waals surface area contributed by atoms with Gasteiger partial charge in [-0.1, -0.05) is 12.1 Å². The van der Waals surface area contributed by atoms with Gasteiger partial charge < -0.3 is 15.3 Å². The summed E-state index contributed by atoms with van der Waals surface area (Å²) >= 11 is 0. The maximum atomic E-state index is 13.3. The zero-order chi connectivity index (χ0) is 17.9. The largest absolute Gasteiger partial charge is 0.479 e. The number of amides is 1. The molecule has 0 fully saturated rings. The van der Waals surface area contributed by atoms with E-state index >= 15 is 0 Å². The van der Waals surface area contributed by atoms with Crippen LogP contribution in [0, 0.1) is 12.7 Å². The Bertz CT molecular complexity index is 780. The first kappa shape index (κ1) is 17.3. The van der Waals surface area contributed by atoms with E-state index in [1.54, 1.807) is 25.9 Å². The van der Waals surface area contributed by atoms with Crippen molar-refractivity contribution in [2.75, 3.05) is 19.0 Å². The fourth-order valence-electron chi connectivity index (χ4n) is 2.08. The lowest BCUT2D eigenvalue weighted by atomic mass is 10.1. The number of hydrogen-bond acceptors (Lipinski definition) is 5. The highest BCUT2D eigenvalue weighted by molar-refractivity contribution is 5.97. The fourth-order valence-corrected chi connectivity index (χ4v) is 2.08. The number of aromatic nitrogens is 2. The third-order valence-electron chi connectivity index (χ3n) is 3.32. The van der Waals surface area contributed by atoms with Crippen molar-refractivity contribution in [3.05, 3.63) is 53.1 Å². The molecule has 7 nitrogen and oxygen atoms in total. The summed E-state index contributed by atoms with van der Waals surface area (Å²) < 4.78 is 13.3. The van der Waals surface area contributed by atoms with Crippen LogP contribution in [0.2, 0.25) is 0 Å². The number of carboxylic acids is 1. The van der Waals surface area contributed by atoms with E-state index in [1.807, 2.05) is 0 Å². The van der Waals surface area contributed by atoms with Gasteiger partial charge in [0.25, 0.3) is 5.91 Å². The minimum Gasteiger partial charge on any atom is -0.479 e. The lowest BCUT2D eigenvalue weighted by molar-refractivity contribution is -0.139. The molecule has 1 aromatic heterocycles. The summed E-state index contributed by atoms with van der Waals surface area (Å²) in [5, 5.41) is 11.7. The summed E-state index contributed by atoms with van der Waals surface area (Å²) in [6.45, 7) is 1.63. The molecule has 1 atom stereocenters. The van der Waals surface area contributed by atoms with Crippen molar-refractivity contribution in [2.45, 2.75) is 13.0 Å². The number of aliphatic carboxylic acids is 1. The Balaban J connectivity index is 2.27. The van der Waals surface area contributed by atoms with Gasteiger partial charge >= 0.3 is 5.97 Å². The number of benzene rings is 1. The van der Waals surface area contributed by atoms with Crippen LogP contribution < -0.4 is 10.2 Å². The standard InChI is InChI=1S/C16H17FN4O3/c1-9-12(8-18-16(19-9)21(2)3)14(22)20-13(15(23)24)10-5-4-6-11(17)7-10/h4-8,13H,1-3H3,(H,20,22)(H,23,24)/t13-/m1/s1. The predicted octanol–water partition coefficient (Wildman–Crippen LogP) is 1.55. The quantitative estimate of drug-likeness (QED) is 0.862. The molecule has 0 spiro atoms. The van der Waals surface area contributed by atoms with Gasteiger partial charge in [0.05, 0.1) is 11.3 Å². The first-order valence-electron chi connectivity index (χ1n) is 7.09. The summed E-state index contributed by atoms with van der Waals surface area (Å²) in [6, 6.07) is 3.70. The molecule has 2 rings (SSSR count). The van der Waals surface area contributed by atoms with Crippen molar-refractivity contribution in [3.8, 4) is 0 Å². The van der Waals surface area contributed by atoms with Crippen LogP contribution in [0.25, 0.3) is 0 Å². The van der Waals surface area contributed by atoms with Gasteiger partial charge in [-0.05, 0) is 24.6 Å². The highest BCUT2D eigenvalue weighted by Gasteiger charge is 2.24. The van der Waals surface area contributed by atoms with Crippen molar-refractivity contribution >= 4 is 17.8 Å². The van der Waals surface area contributed by atoms with Crippen molar-refractivity contribution in [1.29, 1.82) is 0 Å². The van der Waals surface area contributed by atoms with Crippen LogP contribution in [0.15, 0.2) is 30.5 Å². The maximum Gasteiger partial charge on any atom is 0.330 e. The second-order valence-corrected chi connectivity index (χ2v) is 5.36. The Morgan fingerprint density at radius 1 is 1.33 bits per heavy atom. The molecule has 0 aliphatic heterocycles. The number of carbonyl (C=O) groups is 2. The minimum atomic E-state index is -1.37. The lowest BCUT2D eigenvalue weighted by Gasteiger charge is -2.16. The van der Waals surface area contributed by atoms with Gasteiger partial charge in [-0.25, -0.2) is 19.2 Å². The molecule has 1 aromatic carbocycles. The van der Waals surface area contributed by atoms with Gasteiger partial charge in [-0.2, -0.15) is 0 Å². The molecule has 24 heavy (non-hydrogen) atoms. The molecule has 0 saturated carbocycles. The van der Waals surface area contributed by atoms with Crippen LogP contribution in [-0.2, 0) is 4.79 Å². The van der Waals surface area contributed by atoms with Crippen LogP contribution >= 0.6 is 0 Å². The molecule has 1 heterocycles. The Labute approximate surface area is 138 Å². The molecule has 0 unspecified atom stereocenters. The Hall–Kier alpha value is -3.03. The number of aryl methyl sites for hydroxylation is 1. The third kappa shape index (κ3) is 3.83. The summed E-state index contributed by atoms with van der Waals surface area (Å²) in [7, 11) is 3.53. The zero-order valence-electron chi connectivity index (χ0n) is 13.4. The van der Waals surface area contributed by atoms with E-state index in [4.69, 9.17) is 0 Å². The van der Waals surface area contributed by atoms with Crippen LogP contribution in [0.1, 0.15) is 27.7 Å². The van der Waals surface area contributed by atoms with E-state index in [0.717, 1.165) is 6.07 Å². The normalized spacial score (nSPS) is 11.7. The first-order chi connectivity index (χ1) is 11.3. The topological polar surface area (TPSA) is 95.4 Å². The predicted molar refractivity (Wildman–Crippen MR) is 85.3 cm³/mol. The van der Waals surface area contributed by atoms with Crippen LogP contribution in [0.5, 0.6) is 0 Å². The second-order valence-electron chi connectivity index (χ2n) is 5.36. The number of carboxylic acid groups (broad SMARTS) is 1. The number of halogens is 1. The molecule has 0 saturated heterocycles. The Morgan fingerprint density at radius 3 is 2.58 bits per heavy atom. The minimum absolute atomic E-state index is 0.138. The second kappa shape index (κ2) is 7.03. The number of nitrogens with zero attached hydrogens (tertiary/aromatic N) is 3. The molecular formula is C16H17FN4O3. The van der Waals surface area contributed by atoms with Gasteiger partial charge in [-0.3, -0.25) is 4.79 Å². The molecule has 8 heteroatoms. The molecule has 0 aliphatic rings. The molecule has 0 bridgehead atoms. The van der Waals surface area contributed by atoms with Crippen LogP contribution in [0.3, 0.4) is 0 Å². The SMILES string of the molecule is Cc1nc(N(C)C)ncc1C(=O)N[C@@H](C(=O)O)c1cccc(F)c1. The number of anilines is 1. The number of rotatable bonds is 5. The fraction of sp³-hybridized carbons (Fsp3) is 0.250. The molecule has 2 aromatic rings. The monoisotopic (exact) mass is 332 g/mol. The summed E-state index contributed by atoms with van der Waals surface area (Å²) in [6.07, 6.45) is 1.33. The van der Waals surface area contributed by atoms with Crippen molar-refractivity contribution in [3.63, 3.8) is 0 Å². The summed E-state index contributed by atoms with van der Waals surface area (Å²) in [5.74, 6) is -2.08. The van der Waals surface area contributed by atoms with E-state index in [0.29, 0.717) is 11.6 Å². The number of nitrogens with one attached hydrogen (secondary N) is 1. The van der Waals surface area contributed by atoms with Crippen LogP contribution in [-0.4, -0.2) is 41.0 Å². The molecule has 1 amide bonds. The molecule has 0 aliphatic carbocycles. The van der Waals surface area contributed by atoms with Gasteiger partial charge in [0, 0.05) is 20.3 Å². The van der Waals surface area contributed by atoms with E-state index in [1.165, 1.54) is 24.4 Å². The third-order valence-corrected chi connectivity index (χ3v) is 3.32. The van der Waals surface area contributed by atoms with Gasteiger partial charge in [0.2, 0.25) is 5.95 Å². The molecule has 126 valence electrons. The highest BCUT2D eigenvalue weighted by Crippen LogP contribution is 2.16. The lowest BCUT2D eigenvalue weighted by Crippen LogP contribution is -2.34. The molecule has 0 radical (unpaired) electrons. The molecular weight excluding hydrogens is 315 g/mol. The van der Waals surface area contributed by atoms with E-state index in [2.05, 4.69) is 15.3 Å². The highest BCUT2D eigenvalue weighted by atomic mass is 19.1. The van der Waals surface area contributed by atoms with E-state index in [9.17, 15) is 19.1 Å².